The van der Waals surface area contributed by atoms with Crippen LogP contribution in [0.5, 0.6) is 5.75 Å². The molecule has 6 nitrogen and oxygen atoms in total. The van der Waals surface area contributed by atoms with Crippen LogP contribution >= 0.6 is 0 Å². The van der Waals surface area contributed by atoms with Crippen LogP contribution in [0.4, 0.5) is 18.9 Å². The van der Waals surface area contributed by atoms with Gasteiger partial charge in [-0.05, 0) is 77.8 Å². The van der Waals surface area contributed by atoms with Crippen molar-refractivity contribution in [2.45, 2.75) is 64.0 Å². The summed E-state index contributed by atoms with van der Waals surface area (Å²) in [7, 11) is 0. The lowest BCUT2D eigenvalue weighted by atomic mass is 9.85. The number of aromatic carboxylic acids is 1. The Bertz CT molecular complexity index is 1350. The first-order valence-electron chi connectivity index (χ1n) is 13.6. The lowest BCUT2D eigenvalue weighted by molar-refractivity contribution is -0.153. The lowest BCUT2D eigenvalue weighted by Crippen LogP contribution is -2.20. The Kier molecular flexibility index (Phi) is 9.03. The number of halogens is 3. The molecule has 0 amide bonds. The first-order chi connectivity index (χ1) is 19.0. The van der Waals surface area contributed by atoms with E-state index in [-0.39, 0.29) is 17.4 Å². The van der Waals surface area contributed by atoms with Crippen molar-refractivity contribution in [1.82, 2.24) is 4.98 Å². The maximum absolute atomic E-state index is 12.1. The van der Waals surface area contributed by atoms with Crippen LogP contribution < -0.4 is 16.2 Å². The van der Waals surface area contributed by atoms with E-state index in [1.54, 1.807) is 0 Å². The van der Waals surface area contributed by atoms with Crippen molar-refractivity contribution in [2.24, 2.45) is 11.7 Å². The monoisotopic (exact) mass is 555 g/mol. The van der Waals surface area contributed by atoms with Gasteiger partial charge in [0, 0.05) is 29.9 Å². The molecule has 0 unspecified atom stereocenters. The van der Waals surface area contributed by atoms with Gasteiger partial charge in [0.1, 0.15) is 5.75 Å². The van der Waals surface area contributed by atoms with Crippen LogP contribution in [-0.2, 0) is 6.42 Å². The van der Waals surface area contributed by atoms with Crippen LogP contribution in [0, 0.1) is 5.92 Å². The number of pyridine rings is 1. The maximum atomic E-state index is 12.1. The molecule has 0 saturated heterocycles. The molecule has 2 aliphatic carbocycles. The first kappa shape index (κ1) is 29.4. The van der Waals surface area contributed by atoms with Gasteiger partial charge in [-0.15, -0.1) is 0 Å². The molecule has 214 valence electrons. The third-order valence-corrected chi connectivity index (χ3v) is 7.30. The third kappa shape index (κ3) is 7.13. The van der Waals surface area contributed by atoms with Gasteiger partial charge >= 0.3 is 12.1 Å². The van der Waals surface area contributed by atoms with Gasteiger partial charge in [0.15, 0.2) is 12.3 Å². The predicted molar refractivity (Wildman–Crippen MR) is 150 cm³/mol. The van der Waals surface area contributed by atoms with E-state index in [1.165, 1.54) is 34.0 Å². The number of alkyl halides is 3. The summed E-state index contributed by atoms with van der Waals surface area (Å²) in [6.45, 7) is 3.82. The fourth-order valence-electron chi connectivity index (χ4n) is 5.33. The van der Waals surface area contributed by atoms with Crippen molar-refractivity contribution >= 4 is 11.7 Å². The fourth-order valence-corrected chi connectivity index (χ4v) is 5.33. The van der Waals surface area contributed by atoms with Crippen molar-refractivity contribution in [1.29, 1.82) is 0 Å². The number of ether oxygens (including phenoxy) is 1. The molecular weight excluding hydrogens is 519 g/mol. The van der Waals surface area contributed by atoms with Gasteiger partial charge in [0.25, 0.3) is 0 Å². The average Bonchev–Trinajstić information content (AvgIpc) is 3.67. The molecule has 2 aromatic carbocycles. The van der Waals surface area contributed by atoms with Gasteiger partial charge in [-0.2, -0.15) is 13.2 Å². The molecule has 1 saturated carbocycles. The minimum Gasteiger partial charge on any atom is -0.484 e. The van der Waals surface area contributed by atoms with E-state index in [9.17, 15) is 18.0 Å². The SMILES string of the molecule is CC(C)C[C@H](CCN)c1ccc2c(c1N)Cc1ccccc1-2.O=C(O)c1cc(OCC(F)(F)F)c(C2CC2)cn1. The Morgan fingerprint density at radius 2 is 1.88 bits per heavy atom. The summed E-state index contributed by atoms with van der Waals surface area (Å²) in [5, 5.41) is 8.74. The Morgan fingerprint density at radius 1 is 1.15 bits per heavy atom. The quantitative estimate of drug-likeness (QED) is 0.193. The summed E-state index contributed by atoms with van der Waals surface area (Å²) in [6, 6.07) is 14.2. The van der Waals surface area contributed by atoms with Gasteiger partial charge < -0.3 is 21.3 Å². The van der Waals surface area contributed by atoms with E-state index in [0.717, 1.165) is 43.9 Å². The number of carboxylic acids is 1. The summed E-state index contributed by atoms with van der Waals surface area (Å²) < 4.78 is 40.9. The number of anilines is 1. The summed E-state index contributed by atoms with van der Waals surface area (Å²) in [6.07, 6.45) is 1.66. The molecule has 0 spiro atoms. The molecule has 1 heterocycles. The predicted octanol–water partition coefficient (Wildman–Crippen LogP) is 6.92. The number of benzene rings is 2. The number of nitrogens with zero attached hydrogens (tertiary/aromatic N) is 1. The standard InChI is InChI=1S/C20H26N2.C11H10F3NO3/c1-13(2)11-15(9-10-21)17-7-8-18-16-6-4-3-5-14(16)12-19(18)20(17)22;12-11(13,14)5-18-9-3-8(10(16)17)15-4-7(9)6-1-2-6/h3-8,13,15H,9-12,21-22H2,1-2H3;3-4,6H,1-2,5H2,(H,16,17)/t15-;/m0./s1. The number of hydrogen-bond acceptors (Lipinski definition) is 5. The molecule has 9 heteroatoms. The van der Waals surface area contributed by atoms with Gasteiger partial charge in [-0.25, -0.2) is 9.78 Å². The number of rotatable bonds is 9. The second-order valence-corrected chi connectivity index (χ2v) is 10.9. The van der Waals surface area contributed by atoms with E-state index in [2.05, 4.69) is 60.0 Å². The molecular formula is C31H36F3N3O3. The Morgan fingerprint density at radius 3 is 2.50 bits per heavy atom. The van der Waals surface area contributed by atoms with Crippen LogP contribution in [-0.4, -0.2) is 35.4 Å². The number of hydrogen-bond donors (Lipinski definition) is 3. The average molecular weight is 556 g/mol. The largest absolute Gasteiger partial charge is 0.484 e. The fraction of sp³-hybridized carbons (Fsp3) is 0.419. The van der Waals surface area contributed by atoms with Crippen LogP contribution in [0.1, 0.15) is 84.1 Å². The summed E-state index contributed by atoms with van der Waals surface area (Å²) in [5.41, 5.74) is 20.3. The van der Waals surface area contributed by atoms with Crippen molar-refractivity contribution in [3.8, 4) is 16.9 Å². The van der Waals surface area contributed by atoms with Gasteiger partial charge in [0.2, 0.25) is 0 Å². The zero-order valence-electron chi connectivity index (χ0n) is 22.8. The number of nitrogen functional groups attached to an aromatic ring is 1. The molecule has 0 bridgehead atoms. The second-order valence-electron chi connectivity index (χ2n) is 10.9. The Balaban J connectivity index is 0.000000189. The zero-order chi connectivity index (χ0) is 29.0. The van der Waals surface area contributed by atoms with Gasteiger partial charge in [-0.1, -0.05) is 50.2 Å². The molecule has 0 radical (unpaired) electrons. The van der Waals surface area contributed by atoms with Crippen molar-refractivity contribution in [3.05, 3.63) is 76.6 Å². The van der Waals surface area contributed by atoms with Crippen molar-refractivity contribution in [2.75, 3.05) is 18.9 Å². The van der Waals surface area contributed by atoms with Crippen LogP contribution in [0.15, 0.2) is 48.7 Å². The molecule has 5 rings (SSSR count). The molecule has 1 atom stereocenters. The maximum Gasteiger partial charge on any atom is 0.422 e. The summed E-state index contributed by atoms with van der Waals surface area (Å²) >= 11 is 0. The lowest BCUT2D eigenvalue weighted by Gasteiger charge is -2.22. The molecule has 1 fully saturated rings. The number of carbonyl (C=O) groups is 1. The topological polar surface area (TPSA) is 111 Å². The highest BCUT2D eigenvalue weighted by atomic mass is 19.4. The van der Waals surface area contributed by atoms with Crippen LogP contribution in [0.25, 0.3) is 11.1 Å². The Hall–Kier alpha value is -3.59. The number of aromatic nitrogens is 1. The van der Waals surface area contributed by atoms with E-state index in [0.29, 0.717) is 23.9 Å². The smallest absolute Gasteiger partial charge is 0.422 e. The summed E-state index contributed by atoms with van der Waals surface area (Å²) in [4.78, 5) is 14.4. The highest BCUT2D eigenvalue weighted by Gasteiger charge is 2.32. The normalized spacial score (nSPS) is 14.7. The van der Waals surface area contributed by atoms with Crippen LogP contribution in [0.2, 0.25) is 0 Å². The van der Waals surface area contributed by atoms with Gasteiger partial charge in [-0.3, -0.25) is 0 Å². The summed E-state index contributed by atoms with van der Waals surface area (Å²) in [5.74, 6) is -0.0829. The zero-order valence-corrected chi connectivity index (χ0v) is 22.8. The number of fused-ring (bicyclic) bond motifs is 3. The molecule has 1 aromatic heterocycles. The van der Waals surface area contributed by atoms with Crippen molar-refractivity contribution < 1.29 is 27.8 Å². The molecule has 5 N–H and O–H groups in total. The molecule has 0 aliphatic heterocycles. The number of nitrogens with two attached hydrogens (primary N) is 2. The second kappa shape index (κ2) is 12.3. The minimum atomic E-state index is -4.45. The molecule has 40 heavy (non-hydrogen) atoms. The van der Waals surface area contributed by atoms with Gasteiger partial charge in [0.05, 0.1) is 0 Å². The van der Waals surface area contributed by atoms with E-state index < -0.39 is 18.8 Å². The highest BCUT2D eigenvalue weighted by molar-refractivity contribution is 5.86. The van der Waals surface area contributed by atoms with Crippen LogP contribution in [0.3, 0.4) is 0 Å². The third-order valence-electron chi connectivity index (χ3n) is 7.30. The molecule has 2 aliphatic rings. The molecule has 3 aromatic rings. The Labute approximate surface area is 232 Å². The van der Waals surface area contributed by atoms with E-state index >= 15 is 0 Å². The first-order valence-corrected chi connectivity index (χ1v) is 13.6. The highest BCUT2D eigenvalue weighted by Crippen LogP contribution is 2.45. The van der Waals surface area contributed by atoms with Crippen molar-refractivity contribution in [3.63, 3.8) is 0 Å². The number of carboxylic acid groups (broad SMARTS) is 1. The van der Waals surface area contributed by atoms with E-state index in [1.807, 2.05) is 0 Å². The van der Waals surface area contributed by atoms with E-state index in [4.69, 9.17) is 16.6 Å². The minimum absolute atomic E-state index is 0.0396.